The van der Waals surface area contributed by atoms with Gasteiger partial charge in [-0.1, -0.05) is 18.2 Å². The number of nitrogens with one attached hydrogen (secondary N) is 2. The second-order valence-electron chi connectivity index (χ2n) is 6.46. The lowest BCUT2D eigenvalue weighted by atomic mass is 10.2. The summed E-state index contributed by atoms with van der Waals surface area (Å²) >= 11 is 0. The number of carbonyl (C=O) groups is 1. The van der Waals surface area contributed by atoms with E-state index in [1.54, 1.807) is 6.07 Å². The lowest BCUT2D eigenvalue weighted by molar-refractivity contribution is 0.0710. The van der Waals surface area contributed by atoms with Crippen molar-refractivity contribution in [2.75, 3.05) is 13.1 Å². The molecule has 2 aliphatic heterocycles. The topological polar surface area (TPSA) is 73.9 Å². The first-order valence-electron chi connectivity index (χ1n) is 8.24. The number of H-pyrrole nitrogens is 1. The van der Waals surface area contributed by atoms with Crippen molar-refractivity contribution in [2.45, 2.75) is 18.5 Å². The number of rotatable bonds is 2. The molecule has 2 aromatic heterocycles. The van der Waals surface area contributed by atoms with Crippen molar-refractivity contribution < 1.29 is 4.79 Å². The van der Waals surface area contributed by atoms with Gasteiger partial charge in [-0.2, -0.15) is 0 Å². The molecular formula is C18H17N5O. The summed E-state index contributed by atoms with van der Waals surface area (Å²) < 4.78 is 0. The Bertz CT molecular complexity index is 901. The number of carbonyl (C=O) groups excluding carboxylic acids is 1. The van der Waals surface area contributed by atoms with Crippen LogP contribution < -0.4 is 5.32 Å². The summed E-state index contributed by atoms with van der Waals surface area (Å²) in [4.78, 5) is 27.1. The van der Waals surface area contributed by atoms with Crippen molar-refractivity contribution in [2.24, 2.45) is 0 Å². The second-order valence-corrected chi connectivity index (χ2v) is 6.46. The van der Waals surface area contributed by atoms with Crippen LogP contribution in [0.25, 0.3) is 22.6 Å². The molecule has 2 saturated heterocycles. The van der Waals surface area contributed by atoms with E-state index in [4.69, 9.17) is 0 Å². The zero-order chi connectivity index (χ0) is 16.1. The lowest BCUT2D eigenvalue weighted by Crippen LogP contribution is -2.46. The Morgan fingerprint density at radius 3 is 2.83 bits per heavy atom. The fraction of sp³-hybridized carbons (Fsp3) is 0.278. The van der Waals surface area contributed by atoms with Crippen molar-refractivity contribution >= 4 is 16.9 Å². The number of amides is 1. The predicted octanol–water partition coefficient (Wildman–Crippen LogP) is 1.81. The van der Waals surface area contributed by atoms with Gasteiger partial charge in [0.15, 0.2) is 5.82 Å². The van der Waals surface area contributed by atoms with Crippen molar-refractivity contribution in [3.8, 4) is 11.5 Å². The van der Waals surface area contributed by atoms with E-state index in [1.165, 1.54) is 0 Å². The Hall–Kier alpha value is -2.73. The molecule has 0 radical (unpaired) electrons. The van der Waals surface area contributed by atoms with Gasteiger partial charge in [-0.15, -0.1) is 0 Å². The number of hydrogen-bond donors (Lipinski definition) is 2. The minimum atomic E-state index is 0.0157. The maximum atomic E-state index is 12.8. The molecule has 2 bridgehead atoms. The molecule has 0 aliphatic carbocycles. The number of benzene rings is 1. The summed E-state index contributed by atoms with van der Waals surface area (Å²) in [5.41, 5.74) is 3.04. The number of pyridine rings is 1. The third kappa shape index (κ3) is 2.11. The molecule has 1 amide bonds. The highest BCUT2D eigenvalue weighted by molar-refractivity contribution is 5.93. The minimum Gasteiger partial charge on any atom is -0.337 e. The fourth-order valence-corrected chi connectivity index (χ4v) is 3.72. The standard InChI is InChI=1S/C18H17N5O/c24-18(23-10-11-8-12(23)9-19-11)16-7-3-6-15(20-16)17-21-13-4-1-2-5-14(13)22-17/h1-7,11-12,19H,8-10H2,(H,21,22). The van der Waals surface area contributed by atoms with Gasteiger partial charge in [0.2, 0.25) is 0 Å². The van der Waals surface area contributed by atoms with Crippen molar-refractivity contribution in [1.29, 1.82) is 0 Å². The average molecular weight is 319 g/mol. The van der Waals surface area contributed by atoms with Gasteiger partial charge in [0, 0.05) is 25.2 Å². The van der Waals surface area contributed by atoms with E-state index < -0.39 is 0 Å². The van der Waals surface area contributed by atoms with Crippen LogP contribution in [0.3, 0.4) is 0 Å². The van der Waals surface area contributed by atoms with E-state index >= 15 is 0 Å². The molecular weight excluding hydrogens is 302 g/mol. The third-order valence-electron chi connectivity index (χ3n) is 4.92. The van der Waals surface area contributed by atoms with Crippen molar-refractivity contribution in [3.05, 3.63) is 48.2 Å². The summed E-state index contributed by atoms with van der Waals surface area (Å²) in [5, 5.41) is 3.42. The monoisotopic (exact) mass is 319 g/mol. The van der Waals surface area contributed by atoms with Gasteiger partial charge in [-0.3, -0.25) is 4.79 Å². The molecule has 1 aromatic carbocycles. The summed E-state index contributed by atoms with van der Waals surface area (Å²) in [7, 11) is 0. The van der Waals surface area contributed by atoms with E-state index in [2.05, 4.69) is 20.3 Å². The number of likely N-dealkylation sites (tertiary alicyclic amines) is 1. The molecule has 2 N–H and O–H groups in total. The Balaban J connectivity index is 1.48. The smallest absolute Gasteiger partial charge is 0.272 e. The third-order valence-corrected chi connectivity index (χ3v) is 4.92. The van der Waals surface area contributed by atoms with Crippen LogP contribution >= 0.6 is 0 Å². The molecule has 5 rings (SSSR count). The molecule has 0 saturated carbocycles. The summed E-state index contributed by atoms with van der Waals surface area (Å²) in [6.07, 6.45) is 1.05. The van der Waals surface area contributed by atoms with Crippen LogP contribution in [0.5, 0.6) is 0 Å². The molecule has 2 unspecified atom stereocenters. The minimum absolute atomic E-state index is 0.0157. The molecule has 2 atom stereocenters. The zero-order valence-corrected chi connectivity index (χ0v) is 13.1. The number of aromatic nitrogens is 3. The van der Waals surface area contributed by atoms with Crippen LogP contribution in [0, 0.1) is 0 Å². The largest absolute Gasteiger partial charge is 0.337 e. The summed E-state index contributed by atoms with van der Waals surface area (Å²) in [6.45, 7) is 1.67. The molecule has 0 spiro atoms. The first-order chi connectivity index (χ1) is 11.8. The molecule has 6 heteroatoms. The van der Waals surface area contributed by atoms with Crippen LogP contribution in [0.4, 0.5) is 0 Å². The van der Waals surface area contributed by atoms with E-state index in [1.807, 2.05) is 41.3 Å². The Morgan fingerprint density at radius 1 is 1.12 bits per heavy atom. The lowest BCUT2D eigenvalue weighted by Gasteiger charge is -2.27. The second kappa shape index (κ2) is 5.14. The summed E-state index contributed by atoms with van der Waals surface area (Å²) in [5.74, 6) is 0.706. The molecule has 2 aliphatic rings. The first kappa shape index (κ1) is 13.7. The Kier molecular flexibility index (Phi) is 2.93. The highest BCUT2D eigenvalue weighted by Crippen LogP contribution is 2.25. The van der Waals surface area contributed by atoms with Crippen LogP contribution in [0.2, 0.25) is 0 Å². The Morgan fingerprint density at radius 2 is 2.04 bits per heavy atom. The van der Waals surface area contributed by atoms with Gasteiger partial charge in [-0.05, 0) is 30.7 Å². The zero-order valence-electron chi connectivity index (χ0n) is 13.1. The maximum absolute atomic E-state index is 12.8. The van der Waals surface area contributed by atoms with Crippen molar-refractivity contribution in [1.82, 2.24) is 25.2 Å². The SMILES string of the molecule is O=C(c1cccc(-c2nc3ccccc3[nH]2)n1)N1CC2CC1CN2. The molecule has 4 heterocycles. The van der Waals surface area contributed by atoms with Gasteiger partial charge in [0.1, 0.15) is 11.4 Å². The molecule has 2 fully saturated rings. The van der Waals surface area contributed by atoms with Gasteiger partial charge in [0.25, 0.3) is 5.91 Å². The normalized spacial score (nSPS) is 22.4. The van der Waals surface area contributed by atoms with Gasteiger partial charge in [-0.25, -0.2) is 9.97 Å². The van der Waals surface area contributed by atoms with E-state index in [-0.39, 0.29) is 5.91 Å². The molecule has 6 nitrogen and oxygen atoms in total. The van der Waals surface area contributed by atoms with E-state index in [9.17, 15) is 4.79 Å². The van der Waals surface area contributed by atoms with Gasteiger partial charge < -0.3 is 15.2 Å². The quantitative estimate of drug-likeness (QED) is 0.755. The van der Waals surface area contributed by atoms with Crippen LogP contribution in [0.1, 0.15) is 16.9 Å². The highest BCUT2D eigenvalue weighted by atomic mass is 16.2. The summed E-state index contributed by atoms with van der Waals surface area (Å²) in [6, 6.07) is 14.1. The number of piperazine rings is 1. The number of hydrogen-bond acceptors (Lipinski definition) is 4. The van der Waals surface area contributed by atoms with E-state index in [0.29, 0.717) is 29.3 Å². The van der Waals surface area contributed by atoms with E-state index in [0.717, 1.165) is 30.5 Å². The number of para-hydroxylation sites is 2. The first-order valence-corrected chi connectivity index (χ1v) is 8.24. The van der Waals surface area contributed by atoms with Crippen LogP contribution in [-0.4, -0.2) is 50.9 Å². The van der Waals surface area contributed by atoms with Gasteiger partial charge in [0.05, 0.1) is 11.0 Å². The molecule has 3 aromatic rings. The highest BCUT2D eigenvalue weighted by Gasteiger charge is 2.40. The van der Waals surface area contributed by atoms with Crippen LogP contribution in [0.15, 0.2) is 42.5 Å². The van der Waals surface area contributed by atoms with Crippen molar-refractivity contribution in [3.63, 3.8) is 0 Å². The fourth-order valence-electron chi connectivity index (χ4n) is 3.72. The number of imidazole rings is 1. The van der Waals surface area contributed by atoms with Crippen LogP contribution in [-0.2, 0) is 0 Å². The average Bonchev–Trinajstić information content (AvgIpc) is 3.35. The molecule has 24 heavy (non-hydrogen) atoms. The predicted molar refractivity (Wildman–Crippen MR) is 90.6 cm³/mol. The maximum Gasteiger partial charge on any atom is 0.272 e. The number of nitrogens with zero attached hydrogens (tertiary/aromatic N) is 3. The molecule has 120 valence electrons. The Labute approximate surface area is 138 Å². The number of fused-ring (bicyclic) bond motifs is 3. The number of aromatic amines is 1. The van der Waals surface area contributed by atoms with Gasteiger partial charge >= 0.3 is 0 Å².